The van der Waals surface area contributed by atoms with Gasteiger partial charge < -0.3 is 10.6 Å². The summed E-state index contributed by atoms with van der Waals surface area (Å²) >= 11 is 1.60. The molecule has 0 saturated carbocycles. The van der Waals surface area contributed by atoms with E-state index in [1.807, 2.05) is 23.6 Å². The molecule has 2 N–H and O–H groups in total. The fourth-order valence-corrected chi connectivity index (χ4v) is 3.44. The van der Waals surface area contributed by atoms with Crippen LogP contribution in [0.5, 0.6) is 0 Å². The molecule has 0 saturated heterocycles. The smallest absolute Gasteiger partial charge is 0.228 e. The van der Waals surface area contributed by atoms with Gasteiger partial charge in [-0.1, -0.05) is 12.1 Å². The maximum atomic E-state index is 11.4. The summed E-state index contributed by atoms with van der Waals surface area (Å²) in [4.78, 5) is 21.0. The van der Waals surface area contributed by atoms with Crippen LogP contribution in [0.3, 0.4) is 0 Å². The lowest BCUT2D eigenvalue weighted by molar-refractivity contribution is -0.115. The maximum Gasteiger partial charge on any atom is 0.228 e. The van der Waals surface area contributed by atoms with Crippen LogP contribution in [-0.2, 0) is 11.2 Å². The molecule has 110 valence electrons. The van der Waals surface area contributed by atoms with Gasteiger partial charge in [-0.05, 0) is 35.6 Å². The van der Waals surface area contributed by atoms with Crippen LogP contribution in [-0.4, -0.2) is 15.9 Å². The van der Waals surface area contributed by atoms with Crippen molar-refractivity contribution in [3.8, 4) is 0 Å². The van der Waals surface area contributed by atoms with Crippen LogP contribution in [0.25, 0.3) is 10.2 Å². The molecule has 3 aromatic rings. The number of benzene rings is 1. The minimum absolute atomic E-state index is 0.0588. The van der Waals surface area contributed by atoms with Gasteiger partial charge in [0.1, 0.15) is 17.0 Å². The summed E-state index contributed by atoms with van der Waals surface area (Å²) < 4.78 is 0. The van der Waals surface area contributed by atoms with E-state index in [-0.39, 0.29) is 11.9 Å². The molecule has 0 radical (unpaired) electrons. The minimum Gasteiger partial charge on any atom is -0.363 e. The average Bonchev–Trinajstić information content (AvgIpc) is 3.11. The van der Waals surface area contributed by atoms with Crippen LogP contribution in [0.4, 0.5) is 11.5 Å². The molecular formula is C16H14N4OS. The van der Waals surface area contributed by atoms with Gasteiger partial charge in [0.2, 0.25) is 5.91 Å². The number of carbonyl (C=O) groups is 1. The highest BCUT2D eigenvalue weighted by Crippen LogP contribution is 2.30. The van der Waals surface area contributed by atoms with E-state index < -0.39 is 0 Å². The second-order valence-corrected chi connectivity index (χ2v) is 6.26. The van der Waals surface area contributed by atoms with Gasteiger partial charge in [0, 0.05) is 11.7 Å². The Hall–Kier alpha value is -2.47. The highest BCUT2D eigenvalue weighted by Gasteiger charge is 2.19. The van der Waals surface area contributed by atoms with E-state index in [4.69, 9.17) is 0 Å². The normalized spacial score (nSPS) is 14.7. The van der Waals surface area contributed by atoms with Crippen LogP contribution in [0.15, 0.2) is 36.0 Å². The average molecular weight is 310 g/mol. The van der Waals surface area contributed by atoms with Crippen molar-refractivity contribution in [2.24, 2.45) is 0 Å². The third-order valence-corrected chi connectivity index (χ3v) is 4.69. The zero-order chi connectivity index (χ0) is 15.1. The first-order chi connectivity index (χ1) is 10.7. The molecule has 6 heteroatoms. The van der Waals surface area contributed by atoms with Crippen molar-refractivity contribution in [2.45, 2.75) is 19.4 Å². The first-order valence-electron chi connectivity index (χ1n) is 7.08. The predicted molar refractivity (Wildman–Crippen MR) is 88.2 cm³/mol. The van der Waals surface area contributed by atoms with Crippen molar-refractivity contribution >= 4 is 39.0 Å². The number of nitrogens with one attached hydrogen (secondary N) is 2. The topological polar surface area (TPSA) is 66.9 Å². The molecule has 1 atom stereocenters. The Bertz CT molecular complexity index is 873. The molecule has 1 aromatic carbocycles. The Balaban J connectivity index is 1.63. The zero-order valence-corrected chi connectivity index (χ0v) is 12.8. The Kier molecular flexibility index (Phi) is 3.04. The number of anilines is 2. The highest BCUT2D eigenvalue weighted by molar-refractivity contribution is 7.16. The molecule has 1 unspecified atom stereocenters. The van der Waals surface area contributed by atoms with Gasteiger partial charge in [-0.2, -0.15) is 0 Å². The monoisotopic (exact) mass is 310 g/mol. The molecule has 22 heavy (non-hydrogen) atoms. The van der Waals surface area contributed by atoms with Gasteiger partial charge in [0.05, 0.1) is 11.8 Å². The number of thiophene rings is 1. The fourth-order valence-electron chi connectivity index (χ4n) is 2.71. The third kappa shape index (κ3) is 2.21. The van der Waals surface area contributed by atoms with Crippen molar-refractivity contribution in [1.82, 2.24) is 9.97 Å². The van der Waals surface area contributed by atoms with Crippen molar-refractivity contribution in [3.63, 3.8) is 0 Å². The van der Waals surface area contributed by atoms with Gasteiger partial charge in [0.25, 0.3) is 0 Å². The lowest BCUT2D eigenvalue weighted by atomic mass is 10.0. The summed E-state index contributed by atoms with van der Waals surface area (Å²) in [5.74, 6) is 0.900. The SMILES string of the molecule is CC(Nc1ncnc2sccc12)c1ccc2c(c1)CC(=O)N2. The zero-order valence-electron chi connectivity index (χ0n) is 12.0. The summed E-state index contributed by atoms with van der Waals surface area (Å²) in [6.45, 7) is 2.09. The number of carbonyl (C=O) groups excluding carboxylic acids is 1. The van der Waals surface area contributed by atoms with Crippen molar-refractivity contribution in [2.75, 3.05) is 10.6 Å². The van der Waals surface area contributed by atoms with Crippen molar-refractivity contribution in [1.29, 1.82) is 0 Å². The van der Waals surface area contributed by atoms with Gasteiger partial charge in [-0.3, -0.25) is 4.79 Å². The van der Waals surface area contributed by atoms with E-state index in [1.165, 1.54) is 0 Å². The van der Waals surface area contributed by atoms with E-state index in [0.29, 0.717) is 6.42 Å². The van der Waals surface area contributed by atoms with Gasteiger partial charge in [0.15, 0.2) is 0 Å². The lowest BCUT2D eigenvalue weighted by Crippen LogP contribution is -2.08. The number of hydrogen-bond acceptors (Lipinski definition) is 5. The molecule has 2 aromatic heterocycles. The first-order valence-corrected chi connectivity index (χ1v) is 7.96. The Morgan fingerprint density at radius 3 is 3.14 bits per heavy atom. The number of hydrogen-bond donors (Lipinski definition) is 2. The largest absolute Gasteiger partial charge is 0.363 e. The van der Waals surface area contributed by atoms with Gasteiger partial charge >= 0.3 is 0 Å². The number of rotatable bonds is 3. The molecule has 0 fully saturated rings. The lowest BCUT2D eigenvalue weighted by Gasteiger charge is -2.16. The number of aromatic nitrogens is 2. The quantitative estimate of drug-likeness (QED) is 0.778. The molecule has 0 bridgehead atoms. The van der Waals surface area contributed by atoms with Crippen LogP contribution in [0, 0.1) is 0 Å². The van der Waals surface area contributed by atoms with Crippen LogP contribution in [0.1, 0.15) is 24.1 Å². The van der Waals surface area contributed by atoms with E-state index in [2.05, 4.69) is 33.6 Å². The van der Waals surface area contributed by atoms with E-state index in [0.717, 1.165) is 32.8 Å². The van der Waals surface area contributed by atoms with Gasteiger partial charge in [-0.15, -0.1) is 11.3 Å². The standard InChI is InChI=1S/C16H14N4OS/c1-9(10-2-3-13-11(6-10)7-14(21)20-13)19-15-12-4-5-22-16(12)18-8-17-15/h2-6,8-9H,7H2,1H3,(H,20,21)(H,17,18,19). The van der Waals surface area contributed by atoms with Crippen molar-refractivity contribution in [3.05, 3.63) is 47.1 Å². The molecule has 4 rings (SSSR count). The van der Waals surface area contributed by atoms with Crippen LogP contribution >= 0.6 is 11.3 Å². The van der Waals surface area contributed by atoms with Crippen LogP contribution in [0.2, 0.25) is 0 Å². The minimum atomic E-state index is 0.0588. The summed E-state index contributed by atoms with van der Waals surface area (Å²) in [6, 6.07) is 8.21. The summed E-state index contributed by atoms with van der Waals surface area (Å²) in [5, 5.41) is 9.35. The molecule has 1 aliphatic rings. The first kappa shape index (κ1) is 13.2. The summed E-state index contributed by atoms with van der Waals surface area (Å²) in [6.07, 6.45) is 2.04. The highest BCUT2D eigenvalue weighted by atomic mass is 32.1. The Morgan fingerprint density at radius 1 is 1.32 bits per heavy atom. The maximum absolute atomic E-state index is 11.4. The fraction of sp³-hybridized carbons (Fsp3) is 0.188. The second-order valence-electron chi connectivity index (χ2n) is 5.37. The number of nitrogens with zero attached hydrogens (tertiary/aromatic N) is 2. The summed E-state index contributed by atoms with van der Waals surface area (Å²) in [5.41, 5.74) is 3.11. The molecule has 0 aliphatic carbocycles. The predicted octanol–water partition coefficient (Wildman–Crippen LogP) is 3.36. The molecular weight excluding hydrogens is 296 g/mol. The van der Waals surface area contributed by atoms with Crippen LogP contribution < -0.4 is 10.6 Å². The van der Waals surface area contributed by atoms with Crippen molar-refractivity contribution < 1.29 is 4.79 Å². The molecule has 5 nitrogen and oxygen atoms in total. The molecule has 1 aliphatic heterocycles. The Morgan fingerprint density at radius 2 is 2.23 bits per heavy atom. The molecule has 1 amide bonds. The number of fused-ring (bicyclic) bond motifs is 2. The number of amides is 1. The van der Waals surface area contributed by atoms with E-state index in [1.54, 1.807) is 17.7 Å². The summed E-state index contributed by atoms with van der Waals surface area (Å²) in [7, 11) is 0. The van der Waals surface area contributed by atoms with E-state index in [9.17, 15) is 4.79 Å². The molecule has 0 spiro atoms. The third-order valence-electron chi connectivity index (χ3n) is 3.87. The molecule has 3 heterocycles. The van der Waals surface area contributed by atoms with E-state index >= 15 is 0 Å². The Labute approximate surface area is 131 Å². The second kappa shape index (κ2) is 5.06. The van der Waals surface area contributed by atoms with Gasteiger partial charge in [-0.25, -0.2) is 9.97 Å².